The van der Waals surface area contributed by atoms with Crippen molar-refractivity contribution in [3.63, 3.8) is 0 Å². The quantitative estimate of drug-likeness (QED) is 0.911. The molecule has 0 aliphatic heterocycles. The van der Waals surface area contributed by atoms with Crippen LogP contribution in [0, 0.1) is 17.7 Å². The van der Waals surface area contributed by atoms with Gasteiger partial charge in [-0.25, -0.2) is 4.39 Å². The van der Waals surface area contributed by atoms with E-state index < -0.39 is 0 Å². The first kappa shape index (κ1) is 13.9. The minimum atomic E-state index is -0.289. The molecule has 0 amide bonds. The van der Waals surface area contributed by atoms with Crippen molar-refractivity contribution in [2.45, 2.75) is 50.5 Å². The summed E-state index contributed by atoms with van der Waals surface area (Å²) >= 11 is 0. The number of rotatable bonds is 4. The first-order valence-corrected chi connectivity index (χ1v) is 7.71. The highest BCUT2D eigenvalue weighted by Crippen LogP contribution is 2.46. The molecular weight excluding hydrogens is 253 g/mol. The smallest absolute Gasteiger partial charge is 0.165 e. The zero-order chi connectivity index (χ0) is 14.2. The van der Waals surface area contributed by atoms with E-state index in [-0.39, 0.29) is 11.4 Å². The highest BCUT2D eigenvalue weighted by atomic mass is 19.1. The Labute approximate surface area is 120 Å². The highest BCUT2D eigenvalue weighted by molar-refractivity contribution is 5.30. The zero-order valence-electron chi connectivity index (χ0n) is 12.2. The Hall–Kier alpha value is -1.09. The normalized spacial score (nSPS) is 30.2. The van der Waals surface area contributed by atoms with Gasteiger partial charge in [0.2, 0.25) is 0 Å². The summed E-state index contributed by atoms with van der Waals surface area (Å²) in [5.41, 5.74) is 7.46. The topological polar surface area (TPSA) is 35.2 Å². The van der Waals surface area contributed by atoms with E-state index in [1.807, 2.05) is 6.07 Å². The standard InChI is InChI=1S/C17H24FNO/c1-20-16-7-4-12(9-15(16)18)10-17(19)8-2-3-14(11-17)13-5-6-13/h4,7,9,13-14H,2-3,5-6,8,10-11,19H2,1H3. The summed E-state index contributed by atoms with van der Waals surface area (Å²) in [6.45, 7) is 0. The highest BCUT2D eigenvalue weighted by Gasteiger charge is 2.39. The van der Waals surface area contributed by atoms with E-state index in [2.05, 4.69) is 0 Å². The van der Waals surface area contributed by atoms with Gasteiger partial charge < -0.3 is 10.5 Å². The van der Waals surface area contributed by atoms with Crippen LogP contribution in [0.3, 0.4) is 0 Å². The van der Waals surface area contributed by atoms with Crippen molar-refractivity contribution in [2.75, 3.05) is 7.11 Å². The summed E-state index contributed by atoms with van der Waals surface area (Å²) < 4.78 is 18.7. The molecule has 20 heavy (non-hydrogen) atoms. The van der Waals surface area contributed by atoms with Gasteiger partial charge in [0, 0.05) is 5.54 Å². The Morgan fingerprint density at radius 2 is 2.10 bits per heavy atom. The van der Waals surface area contributed by atoms with Crippen molar-refractivity contribution in [1.82, 2.24) is 0 Å². The number of halogens is 1. The molecule has 2 N–H and O–H groups in total. The van der Waals surface area contributed by atoms with Crippen molar-refractivity contribution >= 4 is 0 Å². The Morgan fingerprint density at radius 1 is 1.30 bits per heavy atom. The van der Waals surface area contributed by atoms with Crippen LogP contribution in [0.15, 0.2) is 18.2 Å². The van der Waals surface area contributed by atoms with Crippen LogP contribution in [0.1, 0.15) is 44.1 Å². The van der Waals surface area contributed by atoms with E-state index in [1.165, 1.54) is 32.8 Å². The van der Waals surface area contributed by atoms with Gasteiger partial charge in [-0.1, -0.05) is 18.9 Å². The molecule has 1 aromatic rings. The molecule has 2 aliphatic carbocycles. The number of methoxy groups -OCH3 is 1. The molecule has 0 radical (unpaired) electrons. The fourth-order valence-corrected chi connectivity index (χ4v) is 3.80. The minimum absolute atomic E-state index is 0.146. The molecule has 2 nitrogen and oxygen atoms in total. The SMILES string of the molecule is COc1ccc(CC2(N)CCCC(C3CC3)C2)cc1F. The van der Waals surface area contributed by atoms with Crippen LogP contribution in [-0.4, -0.2) is 12.6 Å². The van der Waals surface area contributed by atoms with Crippen LogP contribution in [0.5, 0.6) is 5.75 Å². The Kier molecular flexibility index (Phi) is 3.72. The molecule has 2 fully saturated rings. The first-order chi connectivity index (χ1) is 9.59. The molecule has 1 aromatic carbocycles. The van der Waals surface area contributed by atoms with Crippen molar-refractivity contribution in [3.05, 3.63) is 29.6 Å². The first-order valence-electron chi connectivity index (χ1n) is 7.71. The van der Waals surface area contributed by atoms with E-state index in [4.69, 9.17) is 10.5 Å². The molecule has 3 rings (SSSR count). The van der Waals surface area contributed by atoms with Gasteiger partial charge in [-0.3, -0.25) is 0 Å². The lowest BCUT2D eigenvalue weighted by Gasteiger charge is -2.38. The second-order valence-corrected chi connectivity index (χ2v) is 6.70. The van der Waals surface area contributed by atoms with Gasteiger partial charge in [-0.15, -0.1) is 0 Å². The summed E-state index contributed by atoms with van der Waals surface area (Å²) in [7, 11) is 1.49. The largest absolute Gasteiger partial charge is 0.494 e. The number of benzene rings is 1. The van der Waals surface area contributed by atoms with Crippen LogP contribution in [0.4, 0.5) is 4.39 Å². The molecular formula is C17H24FNO. The van der Waals surface area contributed by atoms with Crippen molar-refractivity contribution in [3.8, 4) is 5.75 Å². The molecule has 2 saturated carbocycles. The maximum atomic E-state index is 13.8. The molecule has 0 heterocycles. The van der Waals surface area contributed by atoms with Gasteiger partial charge >= 0.3 is 0 Å². The second-order valence-electron chi connectivity index (χ2n) is 6.70. The van der Waals surface area contributed by atoms with Crippen molar-refractivity contribution < 1.29 is 9.13 Å². The second kappa shape index (κ2) is 5.36. The third-order valence-corrected chi connectivity index (χ3v) is 4.98. The van der Waals surface area contributed by atoms with Gasteiger partial charge in [0.25, 0.3) is 0 Å². The molecule has 3 heteroatoms. The van der Waals surface area contributed by atoms with Gasteiger partial charge in [0.15, 0.2) is 11.6 Å². The van der Waals surface area contributed by atoms with E-state index >= 15 is 0 Å². The van der Waals surface area contributed by atoms with Gasteiger partial charge in [0.1, 0.15) is 0 Å². The number of ether oxygens (including phenoxy) is 1. The molecule has 2 aliphatic rings. The average molecular weight is 277 g/mol. The lowest BCUT2D eigenvalue weighted by atomic mass is 9.72. The Bertz CT molecular complexity index is 486. The average Bonchev–Trinajstić information content (AvgIpc) is 3.23. The van der Waals surface area contributed by atoms with E-state index in [9.17, 15) is 4.39 Å². The van der Waals surface area contributed by atoms with Crippen molar-refractivity contribution in [1.29, 1.82) is 0 Å². The summed E-state index contributed by atoms with van der Waals surface area (Å²) in [5.74, 6) is 1.74. The maximum absolute atomic E-state index is 13.8. The van der Waals surface area contributed by atoms with Crippen molar-refractivity contribution in [2.24, 2.45) is 17.6 Å². The lowest BCUT2D eigenvalue weighted by molar-refractivity contribution is 0.204. The molecule has 0 saturated heterocycles. The third kappa shape index (κ3) is 2.98. The summed E-state index contributed by atoms with van der Waals surface area (Å²) in [6.07, 6.45) is 8.26. The van der Waals surface area contributed by atoms with Crippen LogP contribution >= 0.6 is 0 Å². The molecule has 0 aromatic heterocycles. The zero-order valence-corrected chi connectivity index (χ0v) is 12.2. The van der Waals surface area contributed by atoms with Crippen LogP contribution in [0.2, 0.25) is 0 Å². The number of hydrogen-bond acceptors (Lipinski definition) is 2. The predicted octanol–water partition coefficient (Wildman–Crippen LogP) is 3.67. The van der Waals surface area contributed by atoms with Gasteiger partial charge in [0.05, 0.1) is 7.11 Å². The van der Waals surface area contributed by atoms with Gasteiger partial charge in [-0.05, 0) is 61.6 Å². The number of hydrogen-bond donors (Lipinski definition) is 1. The fraction of sp³-hybridized carbons (Fsp3) is 0.647. The van der Waals surface area contributed by atoms with Crippen LogP contribution in [0.25, 0.3) is 0 Å². The molecule has 2 unspecified atom stereocenters. The molecule has 0 spiro atoms. The minimum Gasteiger partial charge on any atom is -0.494 e. The Balaban J connectivity index is 1.70. The van der Waals surface area contributed by atoms with E-state index in [1.54, 1.807) is 12.1 Å². The number of nitrogens with two attached hydrogens (primary N) is 1. The lowest BCUT2D eigenvalue weighted by Crippen LogP contribution is -2.46. The molecule has 2 atom stereocenters. The fourth-order valence-electron chi connectivity index (χ4n) is 3.80. The summed E-state index contributed by atoms with van der Waals surface area (Å²) in [6, 6.07) is 5.22. The van der Waals surface area contributed by atoms with Crippen LogP contribution < -0.4 is 10.5 Å². The summed E-state index contributed by atoms with van der Waals surface area (Å²) in [4.78, 5) is 0. The van der Waals surface area contributed by atoms with E-state index in [0.717, 1.165) is 36.7 Å². The van der Waals surface area contributed by atoms with Gasteiger partial charge in [-0.2, -0.15) is 0 Å². The predicted molar refractivity (Wildman–Crippen MR) is 78.3 cm³/mol. The van der Waals surface area contributed by atoms with E-state index in [0.29, 0.717) is 5.75 Å². The molecule has 110 valence electrons. The monoisotopic (exact) mass is 277 g/mol. The Morgan fingerprint density at radius 3 is 2.75 bits per heavy atom. The maximum Gasteiger partial charge on any atom is 0.165 e. The summed E-state index contributed by atoms with van der Waals surface area (Å²) in [5, 5.41) is 0. The van der Waals surface area contributed by atoms with Crippen LogP contribution in [-0.2, 0) is 6.42 Å². The third-order valence-electron chi connectivity index (χ3n) is 4.98. The molecule has 0 bridgehead atoms.